The number of ether oxygens (including phenoxy) is 1. The predicted molar refractivity (Wildman–Crippen MR) is 78.0 cm³/mol. The summed E-state index contributed by atoms with van der Waals surface area (Å²) in [5.74, 6) is 0. The van der Waals surface area contributed by atoms with Crippen molar-refractivity contribution in [2.75, 3.05) is 39.4 Å². The molecule has 5 nitrogen and oxygen atoms in total. The Balaban J connectivity index is 2.04. The molecule has 0 unspecified atom stereocenters. The zero-order valence-electron chi connectivity index (χ0n) is 12.1. The Morgan fingerprint density at radius 1 is 1.26 bits per heavy atom. The molecule has 0 radical (unpaired) electrons. The molecule has 1 heterocycles. The highest BCUT2D eigenvalue weighted by Gasteiger charge is 2.34. The first-order valence-corrected chi connectivity index (χ1v) is 8.84. The van der Waals surface area contributed by atoms with E-state index in [1.165, 1.54) is 4.90 Å². The number of halogens is 4. The highest BCUT2D eigenvalue weighted by atomic mass is 35.5. The van der Waals surface area contributed by atoms with Crippen LogP contribution in [0.15, 0.2) is 23.1 Å². The zero-order chi connectivity index (χ0) is 17.1. The van der Waals surface area contributed by atoms with Gasteiger partial charge in [0.05, 0.1) is 41.8 Å². The second-order valence-electron chi connectivity index (χ2n) is 5.15. The summed E-state index contributed by atoms with van der Waals surface area (Å²) in [4.78, 5) is 0.734. The van der Waals surface area contributed by atoms with Crippen LogP contribution >= 0.6 is 11.6 Å². The van der Waals surface area contributed by atoms with Crippen molar-refractivity contribution < 1.29 is 31.2 Å². The Bertz CT molecular complexity index is 646. The monoisotopic (exact) mass is 373 g/mol. The van der Waals surface area contributed by atoms with E-state index in [0.29, 0.717) is 25.8 Å². The fourth-order valence-corrected chi connectivity index (χ4v) is 3.53. The first-order valence-electron chi connectivity index (χ1n) is 6.98. The molecule has 1 aliphatic rings. The number of rotatable bonds is 5. The minimum absolute atomic E-state index is 0.141. The normalized spacial score (nSPS) is 17.4. The highest BCUT2D eigenvalue weighted by Crippen LogP contribution is 2.35. The molecule has 2 rings (SSSR count). The second kappa shape index (κ2) is 7.35. The van der Waals surface area contributed by atoms with Gasteiger partial charge in [0.2, 0.25) is 10.0 Å². The van der Waals surface area contributed by atoms with Gasteiger partial charge in [0.25, 0.3) is 0 Å². The Hall–Kier alpha value is -0.870. The van der Waals surface area contributed by atoms with Crippen LogP contribution in [0.25, 0.3) is 0 Å². The quantitative estimate of drug-likeness (QED) is 0.792. The van der Waals surface area contributed by atoms with Gasteiger partial charge in [-0.15, -0.1) is 0 Å². The summed E-state index contributed by atoms with van der Waals surface area (Å²) >= 11 is 5.49. The minimum atomic E-state index is -4.71. The molecule has 0 aliphatic carbocycles. The van der Waals surface area contributed by atoms with Gasteiger partial charge in [0.15, 0.2) is 0 Å². The number of benzene rings is 1. The summed E-state index contributed by atoms with van der Waals surface area (Å²) in [6.07, 6.45) is -4.71. The Kier molecular flexibility index (Phi) is 5.90. The van der Waals surface area contributed by atoms with Crippen molar-refractivity contribution in [3.05, 3.63) is 28.8 Å². The van der Waals surface area contributed by atoms with Gasteiger partial charge in [0.1, 0.15) is 13.1 Å². The van der Waals surface area contributed by atoms with Crippen LogP contribution in [0, 0.1) is 0 Å². The van der Waals surface area contributed by atoms with E-state index in [4.69, 9.17) is 16.3 Å². The predicted octanol–water partition coefficient (Wildman–Crippen LogP) is 0.552. The lowest BCUT2D eigenvalue weighted by Gasteiger charge is -2.23. The summed E-state index contributed by atoms with van der Waals surface area (Å²) < 4.78 is 70.1. The van der Waals surface area contributed by atoms with Crippen LogP contribution in [0.4, 0.5) is 13.2 Å². The number of hydrogen-bond donors (Lipinski definition) is 2. The molecule has 0 amide bonds. The van der Waals surface area contributed by atoms with E-state index < -0.39 is 31.7 Å². The summed E-state index contributed by atoms with van der Waals surface area (Å²) in [6.45, 7) is 3.48. The zero-order valence-corrected chi connectivity index (χ0v) is 13.7. The summed E-state index contributed by atoms with van der Waals surface area (Å²) in [5, 5.41) is -0.533. The maximum atomic E-state index is 12.8. The molecule has 0 bridgehead atoms. The minimum Gasteiger partial charge on any atom is -0.370 e. The second-order valence-corrected chi connectivity index (χ2v) is 7.32. The first kappa shape index (κ1) is 18.5. The lowest BCUT2D eigenvalue weighted by Crippen LogP contribution is -3.14. The Morgan fingerprint density at radius 2 is 1.91 bits per heavy atom. The van der Waals surface area contributed by atoms with Crippen LogP contribution in [-0.2, 0) is 20.9 Å². The molecule has 1 aromatic rings. The number of nitrogens with one attached hydrogen (secondary N) is 2. The Morgan fingerprint density at radius 3 is 2.52 bits per heavy atom. The third-order valence-corrected chi connectivity index (χ3v) is 5.31. The topological polar surface area (TPSA) is 59.8 Å². The van der Waals surface area contributed by atoms with E-state index in [1.807, 2.05) is 0 Å². The molecular formula is C13H17ClF3N2O3S+. The van der Waals surface area contributed by atoms with Gasteiger partial charge in [-0.25, -0.2) is 13.1 Å². The van der Waals surface area contributed by atoms with Crippen molar-refractivity contribution in [1.29, 1.82) is 0 Å². The molecule has 0 spiro atoms. The van der Waals surface area contributed by atoms with Crippen LogP contribution in [0.1, 0.15) is 5.56 Å². The molecule has 2 N–H and O–H groups in total. The highest BCUT2D eigenvalue weighted by molar-refractivity contribution is 7.89. The summed E-state index contributed by atoms with van der Waals surface area (Å²) in [5.41, 5.74) is -1.17. The van der Waals surface area contributed by atoms with E-state index in [1.54, 1.807) is 0 Å². The lowest BCUT2D eigenvalue weighted by molar-refractivity contribution is -0.906. The van der Waals surface area contributed by atoms with Crippen molar-refractivity contribution in [1.82, 2.24) is 4.72 Å². The van der Waals surface area contributed by atoms with E-state index in [2.05, 4.69) is 4.72 Å². The van der Waals surface area contributed by atoms with Crippen molar-refractivity contribution >= 4 is 21.6 Å². The van der Waals surface area contributed by atoms with Gasteiger partial charge < -0.3 is 9.64 Å². The fourth-order valence-electron chi connectivity index (χ4n) is 2.24. The smallest absolute Gasteiger partial charge is 0.370 e. The number of alkyl halides is 3. The van der Waals surface area contributed by atoms with Crippen molar-refractivity contribution in [3.63, 3.8) is 0 Å². The lowest BCUT2D eigenvalue weighted by atomic mass is 10.2. The molecule has 130 valence electrons. The fraction of sp³-hybridized carbons (Fsp3) is 0.538. The van der Waals surface area contributed by atoms with Gasteiger partial charge in [-0.1, -0.05) is 11.6 Å². The molecule has 1 aromatic carbocycles. The maximum Gasteiger partial charge on any atom is 0.417 e. The van der Waals surface area contributed by atoms with Crippen LogP contribution in [-0.4, -0.2) is 47.8 Å². The SMILES string of the molecule is O=S(=O)(NCC[NH+]1CCOCC1)c1ccc(Cl)c(C(F)(F)F)c1. The van der Waals surface area contributed by atoms with Gasteiger partial charge in [0, 0.05) is 0 Å². The molecule has 10 heteroatoms. The molecule has 1 aliphatic heterocycles. The van der Waals surface area contributed by atoms with Gasteiger partial charge in [-0.05, 0) is 18.2 Å². The summed E-state index contributed by atoms with van der Waals surface area (Å²) in [7, 11) is -4.01. The van der Waals surface area contributed by atoms with Crippen molar-refractivity contribution in [2.45, 2.75) is 11.1 Å². The van der Waals surface area contributed by atoms with E-state index in [9.17, 15) is 21.6 Å². The largest absolute Gasteiger partial charge is 0.417 e. The molecule has 0 atom stereocenters. The average Bonchev–Trinajstić information content (AvgIpc) is 2.47. The van der Waals surface area contributed by atoms with Gasteiger partial charge >= 0.3 is 6.18 Å². The Labute approximate surface area is 137 Å². The molecule has 0 aromatic heterocycles. The average molecular weight is 374 g/mol. The van der Waals surface area contributed by atoms with Crippen LogP contribution in [0.5, 0.6) is 0 Å². The number of hydrogen-bond acceptors (Lipinski definition) is 3. The molecule has 1 fully saturated rings. The van der Waals surface area contributed by atoms with Gasteiger partial charge in [-0.3, -0.25) is 0 Å². The maximum absolute atomic E-state index is 12.8. The van der Waals surface area contributed by atoms with E-state index in [-0.39, 0.29) is 6.54 Å². The van der Waals surface area contributed by atoms with E-state index in [0.717, 1.165) is 25.2 Å². The van der Waals surface area contributed by atoms with E-state index >= 15 is 0 Å². The number of sulfonamides is 1. The summed E-state index contributed by atoms with van der Waals surface area (Å²) in [6, 6.07) is 2.54. The third-order valence-electron chi connectivity index (χ3n) is 3.52. The van der Waals surface area contributed by atoms with Crippen LogP contribution in [0.2, 0.25) is 5.02 Å². The van der Waals surface area contributed by atoms with Crippen molar-refractivity contribution in [2.24, 2.45) is 0 Å². The van der Waals surface area contributed by atoms with Gasteiger partial charge in [-0.2, -0.15) is 13.2 Å². The van der Waals surface area contributed by atoms with Crippen LogP contribution < -0.4 is 9.62 Å². The van der Waals surface area contributed by atoms with Crippen LogP contribution in [0.3, 0.4) is 0 Å². The number of morpholine rings is 1. The third kappa shape index (κ3) is 5.05. The molecule has 1 saturated heterocycles. The molecule has 0 saturated carbocycles. The molecular weight excluding hydrogens is 357 g/mol. The first-order chi connectivity index (χ1) is 10.7. The van der Waals surface area contributed by atoms with Crippen molar-refractivity contribution in [3.8, 4) is 0 Å². The molecule has 23 heavy (non-hydrogen) atoms. The standard InChI is InChI=1S/C13H16ClF3N2O3S/c14-12-2-1-10(9-11(12)13(15,16)17)23(20,21)18-3-4-19-5-7-22-8-6-19/h1-2,9,18H,3-8H2/p+1. The number of quaternary nitrogens is 1.